The molecule has 0 aliphatic carbocycles. The zero-order valence-electron chi connectivity index (χ0n) is 13.5. The molecule has 4 nitrogen and oxygen atoms in total. The molecule has 7 heteroatoms. The number of sulfone groups is 1. The molecule has 0 bridgehead atoms. The molecule has 2 N–H and O–H groups in total. The molecule has 0 saturated carbocycles. The average Bonchev–Trinajstić information content (AvgIpc) is 2.67. The highest BCUT2D eigenvalue weighted by Gasteiger charge is 2.29. The first-order chi connectivity index (χ1) is 10.6. The molecule has 0 aliphatic rings. The summed E-state index contributed by atoms with van der Waals surface area (Å²) in [5.41, 5.74) is 8.28. The second-order valence-corrected chi connectivity index (χ2v) is 8.70. The minimum atomic E-state index is -3.48. The summed E-state index contributed by atoms with van der Waals surface area (Å²) >= 11 is 5.80. The molecule has 1 aromatic heterocycles. The number of hydrogen-bond donors (Lipinski definition) is 1. The molecule has 126 valence electrons. The number of aromatic nitrogens is 1. The van der Waals surface area contributed by atoms with Crippen LogP contribution >= 0.6 is 11.6 Å². The number of benzene rings is 1. The first kappa shape index (κ1) is 17.8. The van der Waals surface area contributed by atoms with E-state index in [0.717, 1.165) is 11.3 Å². The van der Waals surface area contributed by atoms with E-state index < -0.39 is 20.9 Å². The SMILES string of the molecule is Cc1c(S(=O)(=O)C(C)C)c(N)n(Cc2ccc(F)c(Cl)c2)c1C. The lowest BCUT2D eigenvalue weighted by Crippen LogP contribution is -2.16. The summed E-state index contributed by atoms with van der Waals surface area (Å²) in [6, 6.07) is 4.40. The van der Waals surface area contributed by atoms with E-state index in [4.69, 9.17) is 17.3 Å². The molecule has 0 fully saturated rings. The number of nitrogens with two attached hydrogens (primary N) is 1. The molecule has 2 rings (SSSR count). The van der Waals surface area contributed by atoms with Gasteiger partial charge in [-0.15, -0.1) is 0 Å². The number of nitrogen functional groups attached to an aromatic ring is 1. The molecule has 0 spiro atoms. The van der Waals surface area contributed by atoms with Crippen molar-refractivity contribution in [2.45, 2.75) is 44.4 Å². The minimum absolute atomic E-state index is 0.0256. The zero-order chi connectivity index (χ0) is 17.5. The summed E-state index contributed by atoms with van der Waals surface area (Å²) in [7, 11) is -3.48. The minimum Gasteiger partial charge on any atom is -0.384 e. The van der Waals surface area contributed by atoms with E-state index in [0.29, 0.717) is 12.1 Å². The Morgan fingerprint density at radius 2 is 1.91 bits per heavy atom. The van der Waals surface area contributed by atoms with Gasteiger partial charge in [0.25, 0.3) is 0 Å². The Hall–Kier alpha value is -1.53. The predicted octanol–water partition coefficient (Wildman–Crippen LogP) is 3.71. The Morgan fingerprint density at radius 1 is 1.30 bits per heavy atom. The van der Waals surface area contributed by atoms with Crippen molar-refractivity contribution < 1.29 is 12.8 Å². The van der Waals surface area contributed by atoms with Gasteiger partial charge in [0.2, 0.25) is 0 Å². The molecule has 1 aromatic carbocycles. The molecular formula is C16H20ClFN2O2S. The fourth-order valence-corrected chi connectivity index (χ4v) is 4.13. The van der Waals surface area contributed by atoms with Gasteiger partial charge in [0.15, 0.2) is 9.84 Å². The third kappa shape index (κ3) is 3.10. The number of halogens is 2. The highest BCUT2D eigenvalue weighted by atomic mass is 35.5. The summed E-state index contributed by atoms with van der Waals surface area (Å²) < 4.78 is 40.0. The Labute approximate surface area is 141 Å². The van der Waals surface area contributed by atoms with E-state index in [9.17, 15) is 12.8 Å². The van der Waals surface area contributed by atoms with E-state index >= 15 is 0 Å². The summed E-state index contributed by atoms with van der Waals surface area (Å²) in [6.07, 6.45) is 0. The maximum Gasteiger partial charge on any atom is 0.184 e. The summed E-state index contributed by atoms with van der Waals surface area (Å²) in [4.78, 5) is 0.179. The van der Waals surface area contributed by atoms with E-state index in [1.807, 2.05) is 6.92 Å². The van der Waals surface area contributed by atoms with E-state index in [1.54, 1.807) is 31.4 Å². The quantitative estimate of drug-likeness (QED) is 0.906. The largest absolute Gasteiger partial charge is 0.384 e. The summed E-state index contributed by atoms with van der Waals surface area (Å²) in [6.45, 7) is 7.14. The van der Waals surface area contributed by atoms with Gasteiger partial charge in [-0.25, -0.2) is 12.8 Å². The normalized spacial score (nSPS) is 12.1. The highest BCUT2D eigenvalue weighted by molar-refractivity contribution is 7.92. The fraction of sp³-hybridized carbons (Fsp3) is 0.375. The van der Waals surface area contributed by atoms with Gasteiger partial charge in [-0.2, -0.15) is 0 Å². The van der Waals surface area contributed by atoms with Crippen LogP contribution in [0.25, 0.3) is 0 Å². The van der Waals surface area contributed by atoms with Crippen LogP contribution in [0.2, 0.25) is 5.02 Å². The van der Waals surface area contributed by atoms with Crippen LogP contribution in [0.1, 0.15) is 30.7 Å². The lowest BCUT2D eigenvalue weighted by atomic mass is 10.2. The van der Waals surface area contributed by atoms with Crippen LogP contribution in [0, 0.1) is 19.7 Å². The molecule has 2 aromatic rings. The van der Waals surface area contributed by atoms with E-state index in [2.05, 4.69) is 0 Å². The summed E-state index contributed by atoms with van der Waals surface area (Å²) in [5.74, 6) is -0.291. The van der Waals surface area contributed by atoms with Crippen molar-refractivity contribution in [1.82, 2.24) is 4.57 Å². The fourth-order valence-electron chi connectivity index (χ4n) is 2.48. The van der Waals surface area contributed by atoms with Crippen LogP contribution in [0.4, 0.5) is 10.2 Å². The first-order valence-corrected chi connectivity index (χ1v) is 9.12. The average molecular weight is 359 g/mol. The Morgan fingerprint density at radius 3 is 2.43 bits per heavy atom. The van der Waals surface area contributed by atoms with Crippen LogP contribution in [-0.2, 0) is 16.4 Å². The van der Waals surface area contributed by atoms with Gasteiger partial charge >= 0.3 is 0 Å². The number of hydrogen-bond acceptors (Lipinski definition) is 3. The van der Waals surface area contributed by atoms with Gasteiger partial charge in [-0.1, -0.05) is 17.7 Å². The van der Waals surface area contributed by atoms with Gasteiger partial charge in [-0.3, -0.25) is 0 Å². The van der Waals surface area contributed by atoms with Crippen LogP contribution in [0.3, 0.4) is 0 Å². The maximum absolute atomic E-state index is 13.3. The van der Waals surface area contributed by atoms with Crippen molar-refractivity contribution in [2.24, 2.45) is 0 Å². The Balaban J connectivity index is 2.55. The van der Waals surface area contributed by atoms with E-state index in [1.165, 1.54) is 12.1 Å². The second kappa shape index (κ2) is 6.17. The van der Waals surface area contributed by atoms with Crippen molar-refractivity contribution in [3.63, 3.8) is 0 Å². The first-order valence-electron chi connectivity index (χ1n) is 7.20. The van der Waals surface area contributed by atoms with Crippen molar-refractivity contribution in [3.05, 3.63) is 45.9 Å². The number of rotatable bonds is 4. The van der Waals surface area contributed by atoms with Crippen LogP contribution < -0.4 is 5.73 Å². The van der Waals surface area contributed by atoms with Gasteiger partial charge in [0, 0.05) is 12.2 Å². The van der Waals surface area contributed by atoms with Crippen LogP contribution in [0.15, 0.2) is 23.1 Å². The topological polar surface area (TPSA) is 65.1 Å². The Kier molecular flexibility index (Phi) is 4.78. The van der Waals surface area contributed by atoms with E-state index in [-0.39, 0.29) is 15.7 Å². The molecule has 0 saturated heterocycles. The number of anilines is 1. The lowest BCUT2D eigenvalue weighted by molar-refractivity contribution is 0.587. The van der Waals surface area contributed by atoms with Crippen LogP contribution in [0.5, 0.6) is 0 Å². The van der Waals surface area contributed by atoms with Gasteiger partial charge in [0.1, 0.15) is 16.5 Å². The highest BCUT2D eigenvalue weighted by Crippen LogP contribution is 2.32. The lowest BCUT2D eigenvalue weighted by Gasteiger charge is -2.11. The standard InChI is InChI=1S/C16H20ClFN2O2S/c1-9(2)23(21,22)15-10(3)11(4)20(16(15)19)8-12-5-6-14(18)13(17)7-12/h5-7,9H,8,19H2,1-4H3. The third-order valence-corrected chi connectivity index (χ3v) is 6.66. The van der Waals surface area contributed by atoms with Crippen LogP contribution in [-0.4, -0.2) is 18.2 Å². The van der Waals surface area contributed by atoms with Gasteiger partial charge < -0.3 is 10.3 Å². The predicted molar refractivity (Wildman–Crippen MR) is 91.2 cm³/mol. The molecule has 23 heavy (non-hydrogen) atoms. The third-order valence-electron chi connectivity index (χ3n) is 4.04. The molecule has 0 aliphatic heterocycles. The Bertz CT molecular complexity index is 857. The van der Waals surface area contributed by atoms with Crippen molar-refractivity contribution in [3.8, 4) is 0 Å². The smallest absolute Gasteiger partial charge is 0.184 e. The second-order valence-electron chi connectivity index (χ2n) is 5.85. The maximum atomic E-state index is 13.3. The molecule has 1 heterocycles. The molecular weight excluding hydrogens is 339 g/mol. The summed E-state index contributed by atoms with van der Waals surface area (Å²) in [5, 5.41) is -0.531. The van der Waals surface area contributed by atoms with Gasteiger partial charge in [0.05, 0.1) is 10.3 Å². The van der Waals surface area contributed by atoms with Gasteiger partial charge in [-0.05, 0) is 51.0 Å². The monoisotopic (exact) mass is 358 g/mol. The number of nitrogens with zero attached hydrogens (tertiary/aromatic N) is 1. The van der Waals surface area contributed by atoms with Crippen molar-refractivity contribution >= 4 is 27.3 Å². The molecule has 0 radical (unpaired) electrons. The zero-order valence-corrected chi connectivity index (χ0v) is 15.1. The molecule has 0 unspecified atom stereocenters. The molecule has 0 amide bonds. The molecule has 0 atom stereocenters. The van der Waals surface area contributed by atoms with Crippen molar-refractivity contribution in [1.29, 1.82) is 0 Å². The van der Waals surface area contributed by atoms with Crippen molar-refractivity contribution in [2.75, 3.05) is 5.73 Å².